The molecule has 1 amide bonds. The highest BCUT2D eigenvalue weighted by atomic mass is 16.3. The number of amides is 1. The fraction of sp³-hybridized carbons (Fsp3) is 0.0870. The number of para-hydroxylation sites is 1. The van der Waals surface area contributed by atoms with Crippen LogP contribution in [0.1, 0.15) is 33.4 Å². The molecule has 5 heteroatoms. The molecule has 0 radical (unpaired) electrons. The van der Waals surface area contributed by atoms with Crippen LogP contribution in [0.4, 0.5) is 5.82 Å². The summed E-state index contributed by atoms with van der Waals surface area (Å²) in [5, 5.41) is 0.467. The lowest BCUT2D eigenvalue weighted by molar-refractivity contribution is 0.0970. The Morgan fingerprint density at radius 1 is 0.893 bits per heavy atom. The number of carbonyl (C=O) groups is 1. The summed E-state index contributed by atoms with van der Waals surface area (Å²) < 4.78 is 5.91. The second-order valence-corrected chi connectivity index (χ2v) is 6.80. The van der Waals surface area contributed by atoms with E-state index in [9.17, 15) is 9.59 Å². The van der Waals surface area contributed by atoms with Crippen LogP contribution in [0.15, 0.2) is 82.0 Å². The average molecular weight is 368 g/mol. The van der Waals surface area contributed by atoms with Crippen molar-refractivity contribution in [2.75, 3.05) is 4.90 Å². The van der Waals surface area contributed by atoms with Crippen LogP contribution in [0.3, 0.4) is 0 Å². The first-order valence-corrected chi connectivity index (χ1v) is 9.03. The van der Waals surface area contributed by atoms with E-state index in [4.69, 9.17) is 4.42 Å². The molecule has 5 nitrogen and oxygen atoms in total. The molecule has 0 bridgehead atoms. The van der Waals surface area contributed by atoms with Crippen molar-refractivity contribution in [1.29, 1.82) is 0 Å². The molecule has 136 valence electrons. The molecule has 0 saturated carbocycles. The van der Waals surface area contributed by atoms with E-state index >= 15 is 0 Å². The van der Waals surface area contributed by atoms with Gasteiger partial charge in [-0.3, -0.25) is 14.5 Å². The highest BCUT2D eigenvalue weighted by Gasteiger charge is 2.44. The van der Waals surface area contributed by atoms with E-state index in [-0.39, 0.29) is 17.1 Å². The van der Waals surface area contributed by atoms with Gasteiger partial charge < -0.3 is 4.42 Å². The van der Waals surface area contributed by atoms with Crippen molar-refractivity contribution in [3.05, 3.63) is 106 Å². The number of aromatic nitrogens is 1. The first kappa shape index (κ1) is 16.4. The average Bonchev–Trinajstić information content (AvgIpc) is 3.02. The number of fused-ring (bicyclic) bond motifs is 2. The first-order chi connectivity index (χ1) is 13.6. The Morgan fingerprint density at radius 2 is 1.64 bits per heavy atom. The summed E-state index contributed by atoms with van der Waals surface area (Å²) in [4.78, 5) is 32.8. The lowest BCUT2D eigenvalue weighted by Crippen LogP contribution is -2.30. The van der Waals surface area contributed by atoms with Crippen molar-refractivity contribution < 1.29 is 9.21 Å². The van der Waals surface area contributed by atoms with Crippen molar-refractivity contribution in [1.82, 2.24) is 4.98 Å². The summed E-state index contributed by atoms with van der Waals surface area (Å²) in [7, 11) is 0. The fourth-order valence-electron chi connectivity index (χ4n) is 3.77. The molecule has 0 spiro atoms. The van der Waals surface area contributed by atoms with Crippen LogP contribution >= 0.6 is 0 Å². The normalized spacial score (nSPS) is 15.8. The summed E-state index contributed by atoms with van der Waals surface area (Å²) in [6.07, 6.45) is 0. The van der Waals surface area contributed by atoms with Crippen molar-refractivity contribution in [2.24, 2.45) is 0 Å². The van der Waals surface area contributed by atoms with Gasteiger partial charge in [0.1, 0.15) is 11.4 Å². The number of aryl methyl sites for hydroxylation is 1. The van der Waals surface area contributed by atoms with Gasteiger partial charge in [-0.25, -0.2) is 4.98 Å². The van der Waals surface area contributed by atoms with Gasteiger partial charge in [-0.15, -0.1) is 0 Å². The SMILES string of the molecule is Cc1cccc(N2C(=O)c3oc4ccccc4c(=O)c3C2c2ccccc2)n1. The topological polar surface area (TPSA) is 63.4 Å². The van der Waals surface area contributed by atoms with E-state index in [1.165, 1.54) is 0 Å². The number of carbonyl (C=O) groups excluding carboxylic acids is 1. The zero-order valence-corrected chi connectivity index (χ0v) is 15.1. The summed E-state index contributed by atoms with van der Waals surface area (Å²) in [6, 6.07) is 21.4. The van der Waals surface area contributed by atoms with Gasteiger partial charge in [-0.1, -0.05) is 48.5 Å². The van der Waals surface area contributed by atoms with Crippen molar-refractivity contribution >= 4 is 22.7 Å². The van der Waals surface area contributed by atoms with E-state index in [0.29, 0.717) is 22.4 Å². The van der Waals surface area contributed by atoms with Crippen LogP contribution < -0.4 is 10.3 Å². The van der Waals surface area contributed by atoms with Gasteiger partial charge in [0.2, 0.25) is 5.76 Å². The van der Waals surface area contributed by atoms with E-state index in [0.717, 1.165) is 11.3 Å². The minimum Gasteiger partial charge on any atom is -0.450 e. The number of benzene rings is 2. The molecule has 28 heavy (non-hydrogen) atoms. The van der Waals surface area contributed by atoms with Gasteiger partial charge in [0.15, 0.2) is 5.43 Å². The Bertz CT molecular complexity index is 1280. The number of hydrogen-bond donors (Lipinski definition) is 0. The van der Waals surface area contributed by atoms with Crippen LogP contribution in [-0.4, -0.2) is 10.9 Å². The van der Waals surface area contributed by atoms with Crippen molar-refractivity contribution in [2.45, 2.75) is 13.0 Å². The number of rotatable bonds is 2. The molecule has 2 aromatic heterocycles. The Balaban J connectivity index is 1.83. The number of hydrogen-bond acceptors (Lipinski definition) is 4. The monoisotopic (exact) mass is 368 g/mol. The van der Waals surface area contributed by atoms with Crippen LogP contribution in [0, 0.1) is 6.92 Å². The Hall–Kier alpha value is -3.73. The van der Waals surface area contributed by atoms with Crippen LogP contribution in [0.5, 0.6) is 0 Å². The Labute approximate surface area is 160 Å². The van der Waals surface area contributed by atoms with E-state index < -0.39 is 6.04 Å². The highest BCUT2D eigenvalue weighted by molar-refractivity contribution is 6.10. The quantitative estimate of drug-likeness (QED) is 0.531. The third kappa shape index (κ3) is 2.36. The molecular formula is C23H16N2O3. The molecule has 1 unspecified atom stereocenters. The zero-order valence-electron chi connectivity index (χ0n) is 15.1. The summed E-state index contributed by atoms with van der Waals surface area (Å²) >= 11 is 0. The molecule has 1 atom stereocenters. The largest absolute Gasteiger partial charge is 0.450 e. The third-order valence-corrected chi connectivity index (χ3v) is 5.01. The predicted molar refractivity (Wildman–Crippen MR) is 107 cm³/mol. The molecule has 5 rings (SSSR count). The molecule has 2 aromatic carbocycles. The zero-order chi connectivity index (χ0) is 19.3. The van der Waals surface area contributed by atoms with Crippen LogP contribution in [0.25, 0.3) is 11.0 Å². The molecule has 0 aliphatic carbocycles. The molecule has 0 fully saturated rings. The number of pyridine rings is 1. The van der Waals surface area contributed by atoms with E-state index in [1.807, 2.05) is 49.4 Å². The maximum Gasteiger partial charge on any atom is 0.296 e. The summed E-state index contributed by atoms with van der Waals surface area (Å²) in [6.45, 7) is 1.87. The minimum absolute atomic E-state index is 0.0841. The second kappa shape index (κ2) is 6.16. The number of nitrogens with zero attached hydrogens (tertiary/aromatic N) is 2. The lowest BCUT2D eigenvalue weighted by atomic mass is 9.98. The van der Waals surface area contributed by atoms with Crippen LogP contribution in [0.2, 0.25) is 0 Å². The summed E-state index contributed by atoms with van der Waals surface area (Å²) in [5.41, 5.74) is 2.20. The maximum absolute atomic E-state index is 13.3. The summed E-state index contributed by atoms with van der Waals surface area (Å²) in [5.74, 6) is 0.222. The fourth-order valence-corrected chi connectivity index (χ4v) is 3.77. The molecule has 4 aromatic rings. The smallest absolute Gasteiger partial charge is 0.296 e. The van der Waals surface area contributed by atoms with E-state index in [1.54, 1.807) is 35.2 Å². The maximum atomic E-state index is 13.3. The Kier molecular flexibility index (Phi) is 3.62. The molecule has 3 heterocycles. The first-order valence-electron chi connectivity index (χ1n) is 9.03. The Morgan fingerprint density at radius 3 is 2.43 bits per heavy atom. The number of anilines is 1. The molecule has 0 N–H and O–H groups in total. The molecule has 1 aliphatic rings. The van der Waals surface area contributed by atoms with Gasteiger partial charge in [0.05, 0.1) is 17.0 Å². The standard InChI is InChI=1S/C23H16N2O3/c1-14-8-7-13-18(24-14)25-20(15-9-3-2-4-10-15)19-21(26)16-11-5-6-12-17(16)28-22(19)23(25)27/h2-13,20H,1H3. The molecule has 0 saturated heterocycles. The predicted octanol–water partition coefficient (Wildman–Crippen LogP) is 4.25. The highest BCUT2D eigenvalue weighted by Crippen LogP contribution is 2.40. The van der Waals surface area contributed by atoms with Gasteiger partial charge >= 0.3 is 0 Å². The molecular weight excluding hydrogens is 352 g/mol. The minimum atomic E-state index is -0.584. The van der Waals surface area contributed by atoms with Gasteiger partial charge in [0, 0.05) is 5.69 Å². The second-order valence-electron chi connectivity index (χ2n) is 6.80. The van der Waals surface area contributed by atoms with Gasteiger partial charge in [0.25, 0.3) is 5.91 Å². The van der Waals surface area contributed by atoms with Crippen LogP contribution in [-0.2, 0) is 0 Å². The van der Waals surface area contributed by atoms with Gasteiger partial charge in [-0.05, 0) is 36.8 Å². The van der Waals surface area contributed by atoms with Crippen molar-refractivity contribution in [3.8, 4) is 0 Å². The van der Waals surface area contributed by atoms with Gasteiger partial charge in [-0.2, -0.15) is 0 Å². The van der Waals surface area contributed by atoms with Crippen molar-refractivity contribution in [3.63, 3.8) is 0 Å². The molecule has 1 aliphatic heterocycles. The lowest BCUT2D eigenvalue weighted by Gasteiger charge is -2.24. The third-order valence-electron chi connectivity index (χ3n) is 5.01. The van der Waals surface area contributed by atoms with E-state index in [2.05, 4.69) is 4.98 Å².